The lowest BCUT2D eigenvalue weighted by atomic mass is 9.86. The number of carbonyl (C=O) groups excluding carboxylic acids is 3. The van der Waals surface area contributed by atoms with E-state index < -0.39 is 29.6 Å². The number of aryl methyl sites for hydroxylation is 1. The molecule has 34 heavy (non-hydrogen) atoms. The zero-order chi connectivity index (χ0) is 24.3. The number of amides is 2. The van der Waals surface area contributed by atoms with Crippen LogP contribution in [0.3, 0.4) is 0 Å². The van der Waals surface area contributed by atoms with Crippen LogP contribution in [0.5, 0.6) is 0 Å². The molecule has 8 nitrogen and oxygen atoms in total. The van der Waals surface area contributed by atoms with Gasteiger partial charge in [0.2, 0.25) is 11.8 Å². The zero-order valence-corrected chi connectivity index (χ0v) is 21.8. The number of benzene rings is 1. The first kappa shape index (κ1) is 27.8. The Labute approximate surface area is 210 Å². The first-order valence-corrected chi connectivity index (χ1v) is 11.9. The molecular formula is C24H33ClN4O4S. The van der Waals surface area contributed by atoms with Crippen molar-refractivity contribution in [3.8, 4) is 10.4 Å². The van der Waals surface area contributed by atoms with E-state index in [9.17, 15) is 14.4 Å². The number of esters is 1. The van der Waals surface area contributed by atoms with E-state index in [-0.39, 0.29) is 37.2 Å². The van der Waals surface area contributed by atoms with E-state index in [1.54, 1.807) is 11.3 Å². The summed E-state index contributed by atoms with van der Waals surface area (Å²) in [6.07, 6.45) is -0.284. The average Bonchev–Trinajstić information content (AvgIpc) is 3.36. The molecule has 2 heterocycles. The monoisotopic (exact) mass is 508 g/mol. The van der Waals surface area contributed by atoms with Crippen molar-refractivity contribution >= 4 is 41.5 Å². The molecule has 3 atom stereocenters. The van der Waals surface area contributed by atoms with Crippen molar-refractivity contribution in [3.05, 3.63) is 41.0 Å². The Balaban J connectivity index is 0.00000408. The van der Waals surface area contributed by atoms with E-state index in [1.807, 2.05) is 57.5 Å². The third-order valence-corrected chi connectivity index (χ3v) is 6.79. The minimum absolute atomic E-state index is 0. The molecule has 3 rings (SSSR count). The van der Waals surface area contributed by atoms with Gasteiger partial charge < -0.3 is 20.7 Å². The maximum Gasteiger partial charge on any atom is 0.302 e. The molecule has 1 aromatic carbocycles. The fraction of sp³-hybridized carbons (Fsp3) is 0.500. The van der Waals surface area contributed by atoms with Crippen molar-refractivity contribution in [2.24, 2.45) is 11.1 Å². The molecule has 3 N–H and O–H groups in total. The van der Waals surface area contributed by atoms with Crippen LogP contribution in [0.15, 0.2) is 29.8 Å². The quantitative estimate of drug-likeness (QED) is 0.579. The molecule has 1 saturated heterocycles. The summed E-state index contributed by atoms with van der Waals surface area (Å²) < 4.78 is 5.30. The summed E-state index contributed by atoms with van der Waals surface area (Å²) in [4.78, 5) is 44.4. The zero-order valence-electron chi connectivity index (χ0n) is 20.2. The predicted molar refractivity (Wildman–Crippen MR) is 134 cm³/mol. The summed E-state index contributed by atoms with van der Waals surface area (Å²) >= 11 is 1.59. The third-order valence-electron chi connectivity index (χ3n) is 5.81. The van der Waals surface area contributed by atoms with Gasteiger partial charge in [0.25, 0.3) is 0 Å². The number of carbonyl (C=O) groups is 3. The molecule has 1 fully saturated rings. The predicted octanol–water partition coefficient (Wildman–Crippen LogP) is 3.06. The highest BCUT2D eigenvalue weighted by Crippen LogP contribution is 2.28. The van der Waals surface area contributed by atoms with E-state index >= 15 is 0 Å². The van der Waals surface area contributed by atoms with E-state index in [2.05, 4.69) is 10.3 Å². The van der Waals surface area contributed by atoms with Gasteiger partial charge in [0.05, 0.1) is 28.7 Å². The van der Waals surface area contributed by atoms with Crippen LogP contribution in [0, 0.1) is 12.3 Å². The summed E-state index contributed by atoms with van der Waals surface area (Å²) in [6, 6.07) is 6.42. The Morgan fingerprint density at radius 2 is 1.91 bits per heavy atom. The molecule has 0 bridgehead atoms. The smallest absolute Gasteiger partial charge is 0.302 e. The van der Waals surface area contributed by atoms with Crippen LogP contribution in [0.2, 0.25) is 0 Å². The maximum absolute atomic E-state index is 13.1. The van der Waals surface area contributed by atoms with Gasteiger partial charge in [-0.15, -0.1) is 23.7 Å². The molecule has 0 saturated carbocycles. The number of nitrogens with one attached hydrogen (secondary N) is 1. The van der Waals surface area contributed by atoms with E-state index in [0.29, 0.717) is 6.54 Å². The largest absolute Gasteiger partial charge is 0.461 e. The minimum atomic E-state index is -0.772. The molecule has 0 spiro atoms. The normalized spacial score (nSPS) is 18.7. The van der Waals surface area contributed by atoms with Crippen LogP contribution < -0.4 is 11.1 Å². The standard InChI is InChI=1S/C24H32N4O4S.ClH/c1-14-20(33-13-27-14)17-8-6-16(7-9-17)11-26-22(30)19-10-18(32-15(2)29)12-28(19)23(31)21(25)24(3,4)5;/h6-9,13,18-19,21H,10-12,25H2,1-5H3,(H,26,30);1H. The third kappa shape index (κ3) is 6.55. The van der Waals surface area contributed by atoms with Gasteiger partial charge in [-0.05, 0) is 23.5 Å². The molecule has 186 valence electrons. The van der Waals surface area contributed by atoms with E-state index in [0.717, 1.165) is 21.7 Å². The summed E-state index contributed by atoms with van der Waals surface area (Å²) in [5, 5.41) is 2.92. The lowest BCUT2D eigenvalue weighted by Crippen LogP contribution is -2.54. The Bertz CT molecular complexity index is 1020. The lowest BCUT2D eigenvalue weighted by Gasteiger charge is -2.32. The van der Waals surface area contributed by atoms with Gasteiger partial charge in [-0.3, -0.25) is 14.4 Å². The Morgan fingerprint density at radius 3 is 2.44 bits per heavy atom. The highest BCUT2D eigenvalue weighted by Gasteiger charge is 2.44. The molecule has 1 aliphatic heterocycles. The molecule has 3 unspecified atom stereocenters. The van der Waals surface area contributed by atoms with Crippen LogP contribution in [0.4, 0.5) is 0 Å². The van der Waals surface area contributed by atoms with Gasteiger partial charge in [0.15, 0.2) is 0 Å². The first-order valence-electron chi connectivity index (χ1n) is 11.0. The number of rotatable bonds is 6. The van der Waals surface area contributed by atoms with Crippen molar-refractivity contribution in [1.29, 1.82) is 0 Å². The van der Waals surface area contributed by atoms with Crippen molar-refractivity contribution in [2.75, 3.05) is 6.54 Å². The van der Waals surface area contributed by atoms with Crippen LogP contribution >= 0.6 is 23.7 Å². The first-order chi connectivity index (χ1) is 15.5. The van der Waals surface area contributed by atoms with Crippen LogP contribution in [0.1, 0.15) is 45.4 Å². The number of ether oxygens (including phenoxy) is 1. The van der Waals surface area contributed by atoms with Gasteiger partial charge >= 0.3 is 5.97 Å². The summed E-state index contributed by atoms with van der Waals surface area (Å²) in [7, 11) is 0. The Hall–Kier alpha value is -2.49. The van der Waals surface area contributed by atoms with Gasteiger partial charge in [0.1, 0.15) is 12.1 Å². The molecule has 10 heteroatoms. The van der Waals surface area contributed by atoms with Crippen LogP contribution in [-0.4, -0.2) is 52.4 Å². The molecule has 1 aromatic heterocycles. The highest BCUT2D eigenvalue weighted by molar-refractivity contribution is 7.13. The van der Waals surface area contributed by atoms with Gasteiger partial charge in [-0.1, -0.05) is 45.0 Å². The van der Waals surface area contributed by atoms with Crippen molar-refractivity contribution in [2.45, 2.75) is 65.8 Å². The van der Waals surface area contributed by atoms with E-state index in [4.69, 9.17) is 10.5 Å². The van der Waals surface area contributed by atoms with E-state index in [1.165, 1.54) is 11.8 Å². The number of nitrogens with two attached hydrogens (primary N) is 1. The molecule has 2 aromatic rings. The van der Waals surface area contributed by atoms with Crippen molar-refractivity contribution < 1.29 is 19.1 Å². The van der Waals surface area contributed by atoms with Gasteiger partial charge in [-0.2, -0.15) is 0 Å². The number of thiazole rings is 1. The Kier molecular flexibility index (Phi) is 9.22. The number of halogens is 1. The molecule has 0 aliphatic carbocycles. The number of likely N-dealkylation sites (tertiary alicyclic amines) is 1. The number of nitrogens with zero attached hydrogens (tertiary/aromatic N) is 2. The second-order valence-corrected chi connectivity index (χ2v) is 10.4. The van der Waals surface area contributed by atoms with Gasteiger partial charge in [0, 0.05) is 19.9 Å². The van der Waals surface area contributed by atoms with Crippen molar-refractivity contribution in [3.63, 3.8) is 0 Å². The fourth-order valence-electron chi connectivity index (χ4n) is 3.82. The van der Waals surface area contributed by atoms with Gasteiger partial charge in [-0.25, -0.2) is 4.98 Å². The minimum Gasteiger partial charge on any atom is -0.461 e. The number of hydrogen-bond donors (Lipinski definition) is 2. The number of hydrogen-bond acceptors (Lipinski definition) is 7. The topological polar surface area (TPSA) is 115 Å². The molecular weight excluding hydrogens is 476 g/mol. The second-order valence-electron chi connectivity index (χ2n) is 9.50. The lowest BCUT2D eigenvalue weighted by molar-refractivity contribution is -0.147. The molecule has 1 aliphatic rings. The highest BCUT2D eigenvalue weighted by atomic mass is 35.5. The number of aromatic nitrogens is 1. The van der Waals surface area contributed by atoms with Crippen LogP contribution in [0.25, 0.3) is 10.4 Å². The maximum atomic E-state index is 13.1. The molecule has 2 amide bonds. The second kappa shape index (κ2) is 11.3. The fourth-order valence-corrected chi connectivity index (χ4v) is 4.63. The summed E-state index contributed by atoms with van der Waals surface area (Å²) in [5.74, 6) is -1.05. The van der Waals surface area contributed by atoms with Crippen LogP contribution in [-0.2, 0) is 25.7 Å². The average molecular weight is 509 g/mol. The van der Waals surface area contributed by atoms with Crippen molar-refractivity contribution in [1.82, 2.24) is 15.2 Å². The Morgan fingerprint density at radius 1 is 1.26 bits per heavy atom. The summed E-state index contributed by atoms with van der Waals surface area (Å²) in [5.41, 5.74) is 10.5. The summed E-state index contributed by atoms with van der Waals surface area (Å²) in [6.45, 7) is 9.40. The molecule has 0 radical (unpaired) electrons. The SMILES string of the molecule is CC(=O)OC1CC(C(=O)NCc2ccc(-c3scnc3C)cc2)N(C(=O)C(N)C(C)(C)C)C1.Cl.